The molecule has 2 aliphatic rings. The van der Waals surface area contributed by atoms with Crippen molar-refractivity contribution in [3.8, 4) is 0 Å². The zero-order valence-electron chi connectivity index (χ0n) is 6.67. The molecule has 5 nitrogen and oxygen atoms in total. The van der Waals surface area contributed by atoms with Gasteiger partial charge in [0.05, 0.1) is 23.7 Å². The fourth-order valence-corrected chi connectivity index (χ4v) is 3.63. The number of hydrogen-bond donors (Lipinski definition) is 1. The van der Waals surface area contributed by atoms with Crippen LogP contribution in [0.2, 0.25) is 0 Å². The molecule has 0 saturated carbocycles. The lowest BCUT2D eigenvalue weighted by molar-refractivity contribution is -0.140. The zero-order chi connectivity index (χ0) is 8.93. The molecule has 0 spiro atoms. The Hall–Kier alpha value is -0.170. The van der Waals surface area contributed by atoms with Crippen LogP contribution in [0.25, 0.3) is 0 Å². The zero-order valence-corrected chi connectivity index (χ0v) is 7.49. The van der Waals surface area contributed by atoms with E-state index in [1.807, 2.05) is 0 Å². The van der Waals surface area contributed by atoms with E-state index >= 15 is 0 Å². The first kappa shape index (κ1) is 8.43. The second kappa shape index (κ2) is 2.41. The lowest BCUT2D eigenvalue weighted by atomic mass is 10.2. The number of likely N-dealkylation sites (N-methyl/N-ethyl adjacent to an activating group) is 1. The van der Waals surface area contributed by atoms with Crippen LogP contribution in [0.1, 0.15) is 0 Å². The maximum Gasteiger partial charge on any atom is 0.216 e. The van der Waals surface area contributed by atoms with Gasteiger partial charge in [-0.25, -0.2) is 8.42 Å². The van der Waals surface area contributed by atoms with Crippen LogP contribution in [0.15, 0.2) is 0 Å². The number of fused-ring (bicyclic) bond motifs is 1. The fourth-order valence-electron chi connectivity index (χ4n) is 1.72. The first-order chi connectivity index (χ1) is 5.49. The van der Waals surface area contributed by atoms with Crippen LogP contribution in [-0.2, 0) is 14.6 Å². The van der Waals surface area contributed by atoms with Crippen molar-refractivity contribution in [3.05, 3.63) is 0 Å². The third-order valence-electron chi connectivity index (χ3n) is 2.44. The number of nitrogens with zero attached hydrogens (tertiary/aromatic N) is 1. The number of aliphatic hydroxyl groups is 1. The maximum atomic E-state index is 11.1. The third-order valence-corrected chi connectivity index (χ3v) is 4.13. The molecule has 0 aliphatic carbocycles. The van der Waals surface area contributed by atoms with E-state index in [0.29, 0.717) is 0 Å². The number of sulfone groups is 1. The van der Waals surface area contributed by atoms with Crippen molar-refractivity contribution >= 4 is 9.84 Å². The molecule has 0 aromatic carbocycles. The lowest BCUT2D eigenvalue weighted by Gasteiger charge is -2.16. The maximum absolute atomic E-state index is 11.1. The largest absolute Gasteiger partial charge is 0.356 e. The van der Waals surface area contributed by atoms with Crippen molar-refractivity contribution in [2.45, 2.75) is 18.6 Å². The molecule has 2 heterocycles. The quantitative estimate of drug-likeness (QED) is 0.501. The molecule has 1 N–H and O–H groups in total. The van der Waals surface area contributed by atoms with Gasteiger partial charge in [-0.1, -0.05) is 0 Å². The van der Waals surface area contributed by atoms with Crippen LogP contribution in [0.4, 0.5) is 0 Å². The van der Waals surface area contributed by atoms with Crippen LogP contribution >= 0.6 is 0 Å². The van der Waals surface area contributed by atoms with Crippen molar-refractivity contribution in [2.75, 3.05) is 18.6 Å². The van der Waals surface area contributed by atoms with Gasteiger partial charge in [-0.15, -0.1) is 0 Å². The van der Waals surface area contributed by atoms with Gasteiger partial charge >= 0.3 is 0 Å². The van der Waals surface area contributed by atoms with Crippen LogP contribution in [0.3, 0.4) is 0 Å². The van der Waals surface area contributed by atoms with Crippen LogP contribution < -0.4 is 0 Å². The Balaban J connectivity index is 2.21. The smallest absolute Gasteiger partial charge is 0.216 e. The summed E-state index contributed by atoms with van der Waals surface area (Å²) in [6, 6.07) is -0.162. The fraction of sp³-hybridized carbons (Fsp3) is 1.00. The summed E-state index contributed by atoms with van der Waals surface area (Å²) in [6.45, 7) is 0. The molecule has 0 unspecified atom stereocenters. The lowest BCUT2D eigenvalue weighted by Crippen LogP contribution is -2.35. The standard InChI is InChI=1S/C6H11NO4S/c1-7-4-2-12(9,10)3-5(4)11-6(7)8/h4-6,8H,2-3H2,1H3/t4-,5-,6+/m0/s1. The second-order valence-electron chi connectivity index (χ2n) is 3.31. The summed E-state index contributed by atoms with van der Waals surface area (Å²) in [5.74, 6) is 0.143. The highest BCUT2D eigenvalue weighted by atomic mass is 32.2. The molecule has 0 amide bonds. The Morgan fingerprint density at radius 2 is 2.17 bits per heavy atom. The summed E-state index contributed by atoms with van der Waals surface area (Å²) in [5, 5.41) is 9.18. The first-order valence-corrected chi connectivity index (χ1v) is 5.58. The summed E-state index contributed by atoms with van der Waals surface area (Å²) in [5.41, 5.74) is 0. The normalized spacial score (nSPS) is 46.3. The van der Waals surface area contributed by atoms with Gasteiger partial charge in [0.25, 0.3) is 0 Å². The van der Waals surface area contributed by atoms with Gasteiger partial charge in [0.15, 0.2) is 9.84 Å². The molecule has 70 valence electrons. The predicted molar refractivity (Wildman–Crippen MR) is 41.1 cm³/mol. The predicted octanol–water partition coefficient (Wildman–Crippen LogP) is -1.61. The second-order valence-corrected chi connectivity index (χ2v) is 5.46. The minimum absolute atomic E-state index is 0.0407. The van der Waals surface area contributed by atoms with Crippen LogP contribution in [0.5, 0.6) is 0 Å². The third kappa shape index (κ3) is 1.15. The van der Waals surface area contributed by atoms with Crippen molar-refractivity contribution in [3.63, 3.8) is 0 Å². The molecule has 2 saturated heterocycles. The van der Waals surface area contributed by atoms with Gasteiger partial charge in [0.1, 0.15) is 0 Å². The van der Waals surface area contributed by atoms with E-state index in [-0.39, 0.29) is 23.7 Å². The SMILES string of the molecule is CN1[C@H](O)O[C@H]2CS(=O)(=O)C[C@@H]21. The van der Waals surface area contributed by atoms with Crippen LogP contribution in [-0.4, -0.2) is 55.5 Å². The summed E-state index contributed by atoms with van der Waals surface area (Å²) in [7, 11) is -1.28. The van der Waals surface area contributed by atoms with E-state index in [9.17, 15) is 13.5 Å². The van der Waals surface area contributed by atoms with Gasteiger partial charge in [0, 0.05) is 0 Å². The monoisotopic (exact) mass is 193 g/mol. The van der Waals surface area contributed by atoms with Gasteiger partial charge in [0.2, 0.25) is 6.41 Å². The first-order valence-electron chi connectivity index (χ1n) is 3.75. The molecule has 2 fully saturated rings. The molecule has 3 atom stereocenters. The highest BCUT2D eigenvalue weighted by molar-refractivity contribution is 7.91. The Morgan fingerprint density at radius 1 is 1.50 bits per heavy atom. The molecule has 0 aromatic rings. The summed E-state index contributed by atoms with van der Waals surface area (Å²) in [6.07, 6.45) is -1.27. The molecule has 12 heavy (non-hydrogen) atoms. The minimum Gasteiger partial charge on any atom is -0.356 e. The molecule has 2 aliphatic heterocycles. The molecule has 0 radical (unpaired) electrons. The highest BCUT2D eigenvalue weighted by Crippen LogP contribution is 2.28. The van der Waals surface area contributed by atoms with E-state index in [2.05, 4.69) is 0 Å². The van der Waals surface area contributed by atoms with E-state index in [4.69, 9.17) is 4.74 Å². The molecular weight excluding hydrogens is 182 g/mol. The Morgan fingerprint density at radius 3 is 2.75 bits per heavy atom. The van der Waals surface area contributed by atoms with Gasteiger partial charge < -0.3 is 9.84 Å². The van der Waals surface area contributed by atoms with E-state index in [1.165, 1.54) is 0 Å². The number of ether oxygens (including phenoxy) is 1. The topological polar surface area (TPSA) is 66.8 Å². The molecule has 2 rings (SSSR count). The Labute approximate surface area is 70.8 Å². The average molecular weight is 193 g/mol. The van der Waals surface area contributed by atoms with E-state index < -0.39 is 16.3 Å². The summed E-state index contributed by atoms with van der Waals surface area (Å²) < 4.78 is 27.3. The van der Waals surface area contributed by atoms with Gasteiger partial charge in [-0.05, 0) is 7.05 Å². The average Bonchev–Trinajstić information content (AvgIpc) is 2.33. The van der Waals surface area contributed by atoms with Crippen molar-refractivity contribution < 1.29 is 18.3 Å². The molecule has 0 bridgehead atoms. The van der Waals surface area contributed by atoms with Gasteiger partial charge in [-0.2, -0.15) is 0 Å². The highest BCUT2D eigenvalue weighted by Gasteiger charge is 2.48. The van der Waals surface area contributed by atoms with Crippen LogP contribution in [0, 0.1) is 0 Å². The van der Waals surface area contributed by atoms with Crippen molar-refractivity contribution in [1.29, 1.82) is 0 Å². The van der Waals surface area contributed by atoms with Crippen molar-refractivity contribution in [2.24, 2.45) is 0 Å². The number of aliphatic hydroxyl groups excluding tert-OH is 1. The minimum atomic E-state index is -2.94. The van der Waals surface area contributed by atoms with Gasteiger partial charge in [-0.3, -0.25) is 4.90 Å². The van der Waals surface area contributed by atoms with E-state index in [0.717, 1.165) is 0 Å². The summed E-state index contributed by atoms with van der Waals surface area (Å²) in [4.78, 5) is 1.55. The molecule has 0 aromatic heterocycles. The Bertz CT molecular complexity index is 288. The summed E-state index contributed by atoms with van der Waals surface area (Å²) >= 11 is 0. The number of rotatable bonds is 0. The Kier molecular flexibility index (Phi) is 1.69. The van der Waals surface area contributed by atoms with Crippen molar-refractivity contribution in [1.82, 2.24) is 4.90 Å². The molecular formula is C6H11NO4S. The number of hydrogen-bond acceptors (Lipinski definition) is 5. The van der Waals surface area contributed by atoms with E-state index in [1.54, 1.807) is 11.9 Å². The molecule has 6 heteroatoms.